The van der Waals surface area contributed by atoms with Gasteiger partial charge in [-0.05, 0) is 30.7 Å². The maximum atomic E-state index is 4.55. The Kier molecular flexibility index (Phi) is 3.08. The van der Waals surface area contributed by atoms with Gasteiger partial charge >= 0.3 is 0 Å². The number of nitrogens with zero attached hydrogens (tertiary/aromatic N) is 2. The molecule has 0 aliphatic carbocycles. The summed E-state index contributed by atoms with van der Waals surface area (Å²) in [6, 6.07) is 12.1. The Labute approximate surface area is 90.0 Å². The van der Waals surface area contributed by atoms with E-state index in [4.69, 9.17) is 0 Å². The highest BCUT2D eigenvalue weighted by Gasteiger charge is 1.98. The molecule has 2 aromatic rings. The monoisotopic (exact) mass is 198 g/mol. The Balaban J connectivity index is 2.17. The minimum atomic E-state index is 0.814. The van der Waals surface area contributed by atoms with E-state index in [9.17, 15) is 0 Å². The van der Waals surface area contributed by atoms with Crippen LogP contribution in [0.25, 0.3) is 0 Å². The second-order valence-electron chi connectivity index (χ2n) is 3.47. The lowest BCUT2D eigenvalue weighted by molar-refractivity contribution is 0.951. The Morgan fingerprint density at radius 2 is 1.73 bits per heavy atom. The summed E-state index contributed by atoms with van der Waals surface area (Å²) < 4.78 is 0. The summed E-state index contributed by atoms with van der Waals surface area (Å²) in [5.41, 5.74) is 3.30. The molecule has 0 saturated carbocycles. The van der Waals surface area contributed by atoms with Crippen molar-refractivity contribution in [3.05, 3.63) is 59.7 Å². The zero-order valence-electron chi connectivity index (χ0n) is 8.85. The van der Waals surface area contributed by atoms with Gasteiger partial charge in [0.1, 0.15) is 0 Å². The lowest BCUT2D eigenvalue weighted by Gasteiger charge is -2.02. The Morgan fingerprint density at radius 1 is 0.933 bits per heavy atom. The van der Waals surface area contributed by atoms with E-state index in [2.05, 4.69) is 29.0 Å². The first-order valence-corrected chi connectivity index (χ1v) is 5.23. The van der Waals surface area contributed by atoms with E-state index >= 15 is 0 Å². The minimum Gasteiger partial charge on any atom is -0.261 e. The average Bonchev–Trinajstić information content (AvgIpc) is 2.31. The molecular formula is C13H14N2. The normalized spacial score (nSPS) is 10.2. The minimum absolute atomic E-state index is 0.814. The van der Waals surface area contributed by atoms with Gasteiger partial charge in [-0.15, -0.1) is 0 Å². The van der Waals surface area contributed by atoms with Crippen molar-refractivity contribution in [1.82, 2.24) is 9.97 Å². The van der Waals surface area contributed by atoms with E-state index in [1.54, 1.807) is 0 Å². The number of aromatic nitrogens is 2. The first-order valence-electron chi connectivity index (χ1n) is 5.23. The molecule has 0 unspecified atom stereocenters. The smallest absolute Gasteiger partial charge is 0.0466 e. The summed E-state index contributed by atoms with van der Waals surface area (Å²) in [6.07, 6.45) is 3.61. The van der Waals surface area contributed by atoms with Crippen molar-refractivity contribution in [2.24, 2.45) is 0 Å². The maximum Gasteiger partial charge on any atom is 0.0466 e. The molecule has 0 N–H and O–H groups in total. The lowest BCUT2D eigenvalue weighted by Crippen LogP contribution is -1.96. The molecule has 0 aliphatic heterocycles. The van der Waals surface area contributed by atoms with E-state index < -0.39 is 0 Å². The number of aryl methyl sites for hydroxylation is 1. The molecule has 2 heteroatoms. The average molecular weight is 198 g/mol. The molecule has 0 amide bonds. The van der Waals surface area contributed by atoms with E-state index in [-0.39, 0.29) is 0 Å². The largest absolute Gasteiger partial charge is 0.261 e. The molecule has 0 saturated heterocycles. The lowest BCUT2D eigenvalue weighted by atomic mass is 10.2. The molecule has 2 aromatic heterocycles. The van der Waals surface area contributed by atoms with Crippen LogP contribution in [0.15, 0.2) is 42.6 Å². The molecule has 2 heterocycles. The molecule has 0 atom stereocenters. The summed E-state index contributed by atoms with van der Waals surface area (Å²) in [5, 5.41) is 0. The van der Waals surface area contributed by atoms with Crippen LogP contribution in [0, 0.1) is 0 Å². The fourth-order valence-corrected chi connectivity index (χ4v) is 1.51. The van der Waals surface area contributed by atoms with Gasteiger partial charge in [-0.25, -0.2) is 0 Å². The first kappa shape index (κ1) is 9.84. The second kappa shape index (κ2) is 4.69. The van der Waals surface area contributed by atoms with E-state index in [1.807, 2.05) is 30.5 Å². The van der Waals surface area contributed by atoms with E-state index in [1.165, 1.54) is 0 Å². The Morgan fingerprint density at radius 3 is 2.47 bits per heavy atom. The van der Waals surface area contributed by atoms with Gasteiger partial charge in [0.2, 0.25) is 0 Å². The zero-order chi connectivity index (χ0) is 10.5. The van der Waals surface area contributed by atoms with Crippen molar-refractivity contribution in [3.8, 4) is 0 Å². The van der Waals surface area contributed by atoms with Crippen molar-refractivity contribution in [3.63, 3.8) is 0 Å². The highest BCUT2D eigenvalue weighted by atomic mass is 14.7. The number of pyridine rings is 2. The number of rotatable bonds is 3. The van der Waals surface area contributed by atoms with Gasteiger partial charge in [0.05, 0.1) is 0 Å². The van der Waals surface area contributed by atoms with Crippen LogP contribution in [0.1, 0.15) is 24.0 Å². The van der Waals surface area contributed by atoms with Crippen LogP contribution in [0.5, 0.6) is 0 Å². The van der Waals surface area contributed by atoms with Gasteiger partial charge in [-0.2, -0.15) is 0 Å². The van der Waals surface area contributed by atoms with E-state index in [0.717, 1.165) is 29.9 Å². The van der Waals surface area contributed by atoms with Gasteiger partial charge in [0.25, 0.3) is 0 Å². The summed E-state index contributed by atoms with van der Waals surface area (Å²) in [7, 11) is 0. The standard InChI is InChI=1S/C13H14N2/c1-2-11-7-5-8-13(15-11)10-12-6-3-4-9-14-12/h3-9H,2,10H2,1H3. The van der Waals surface area contributed by atoms with Crippen LogP contribution in [-0.4, -0.2) is 9.97 Å². The summed E-state index contributed by atoms with van der Waals surface area (Å²) in [5.74, 6) is 0. The molecule has 76 valence electrons. The topological polar surface area (TPSA) is 25.8 Å². The maximum absolute atomic E-state index is 4.55. The summed E-state index contributed by atoms with van der Waals surface area (Å²) >= 11 is 0. The molecule has 0 fully saturated rings. The quantitative estimate of drug-likeness (QED) is 0.757. The number of hydrogen-bond acceptors (Lipinski definition) is 2. The Hall–Kier alpha value is -1.70. The molecule has 0 spiro atoms. The van der Waals surface area contributed by atoms with Gasteiger partial charge < -0.3 is 0 Å². The van der Waals surface area contributed by atoms with E-state index in [0.29, 0.717) is 0 Å². The summed E-state index contributed by atoms with van der Waals surface area (Å²) in [4.78, 5) is 8.84. The van der Waals surface area contributed by atoms with Crippen LogP contribution in [0.4, 0.5) is 0 Å². The molecule has 2 nitrogen and oxygen atoms in total. The first-order chi connectivity index (χ1) is 7.38. The van der Waals surface area contributed by atoms with Crippen LogP contribution in [-0.2, 0) is 12.8 Å². The Bertz CT molecular complexity index is 424. The predicted octanol–water partition coefficient (Wildman–Crippen LogP) is 2.63. The zero-order valence-corrected chi connectivity index (χ0v) is 8.85. The molecule has 0 bridgehead atoms. The summed E-state index contributed by atoms with van der Waals surface area (Å²) in [6.45, 7) is 2.12. The van der Waals surface area contributed by atoms with Crippen molar-refractivity contribution in [2.45, 2.75) is 19.8 Å². The third-order valence-corrected chi connectivity index (χ3v) is 2.32. The third kappa shape index (κ3) is 2.62. The molecule has 15 heavy (non-hydrogen) atoms. The fourth-order valence-electron chi connectivity index (χ4n) is 1.51. The second-order valence-corrected chi connectivity index (χ2v) is 3.47. The van der Waals surface area contributed by atoms with Gasteiger partial charge in [0.15, 0.2) is 0 Å². The molecule has 0 aromatic carbocycles. The van der Waals surface area contributed by atoms with Gasteiger partial charge in [-0.3, -0.25) is 9.97 Å². The van der Waals surface area contributed by atoms with Crippen LogP contribution in [0.3, 0.4) is 0 Å². The van der Waals surface area contributed by atoms with Crippen LogP contribution in [0.2, 0.25) is 0 Å². The highest BCUT2D eigenvalue weighted by Crippen LogP contribution is 2.05. The highest BCUT2D eigenvalue weighted by molar-refractivity contribution is 5.17. The van der Waals surface area contributed by atoms with Gasteiger partial charge in [0, 0.05) is 29.7 Å². The molecule has 0 aliphatic rings. The fraction of sp³-hybridized carbons (Fsp3) is 0.231. The predicted molar refractivity (Wildman–Crippen MR) is 60.7 cm³/mol. The third-order valence-electron chi connectivity index (χ3n) is 2.32. The molecular weight excluding hydrogens is 184 g/mol. The van der Waals surface area contributed by atoms with Crippen molar-refractivity contribution in [2.75, 3.05) is 0 Å². The van der Waals surface area contributed by atoms with Crippen LogP contribution >= 0.6 is 0 Å². The SMILES string of the molecule is CCc1cccc(Cc2ccccn2)n1. The van der Waals surface area contributed by atoms with Crippen LogP contribution < -0.4 is 0 Å². The van der Waals surface area contributed by atoms with Gasteiger partial charge in [-0.1, -0.05) is 19.1 Å². The number of hydrogen-bond donors (Lipinski definition) is 0. The molecule has 0 radical (unpaired) electrons. The van der Waals surface area contributed by atoms with Crippen molar-refractivity contribution in [1.29, 1.82) is 0 Å². The molecule has 2 rings (SSSR count). The van der Waals surface area contributed by atoms with Crippen molar-refractivity contribution < 1.29 is 0 Å². The van der Waals surface area contributed by atoms with Crippen molar-refractivity contribution >= 4 is 0 Å².